The molecule has 0 aliphatic carbocycles. The fraction of sp³-hybridized carbons (Fsp3) is 0.500. The Morgan fingerprint density at radius 1 is 0.914 bits per heavy atom. The van der Waals surface area contributed by atoms with E-state index in [1.54, 1.807) is 4.90 Å². The molecular formula is C28H42N4O3. The number of amides is 3. The van der Waals surface area contributed by atoms with Crippen LogP contribution in [0.4, 0.5) is 4.79 Å². The van der Waals surface area contributed by atoms with Crippen molar-refractivity contribution in [2.75, 3.05) is 46.9 Å². The molecule has 2 aromatic rings. The summed E-state index contributed by atoms with van der Waals surface area (Å²) in [6.07, 6.45) is 1.47. The summed E-state index contributed by atoms with van der Waals surface area (Å²) in [6.45, 7) is 6.95. The highest BCUT2D eigenvalue weighted by Crippen LogP contribution is 2.08. The van der Waals surface area contributed by atoms with E-state index in [1.165, 1.54) is 0 Å². The molecule has 0 heterocycles. The fourth-order valence-corrected chi connectivity index (χ4v) is 3.52. The zero-order valence-electron chi connectivity index (χ0n) is 21.7. The first-order valence-electron chi connectivity index (χ1n) is 12.5. The molecule has 0 fully saturated rings. The lowest BCUT2D eigenvalue weighted by molar-refractivity contribution is -0.121. The molecule has 0 radical (unpaired) electrons. The summed E-state index contributed by atoms with van der Waals surface area (Å²) in [5.74, 6) is 0.280. The third kappa shape index (κ3) is 12.4. The average molecular weight is 483 g/mol. The summed E-state index contributed by atoms with van der Waals surface area (Å²) in [5, 5.41) is 6.03. The Balaban J connectivity index is 2.01. The predicted molar refractivity (Wildman–Crippen MR) is 141 cm³/mol. The van der Waals surface area contributed by atoms with Crippen molar-refractivity contribution in [1.29, 1.82) is 0 Å². The van der Waals surface area contributed by atoms with E-state index in [-0.39, 0.29) is 24.5 Å². The van der Waals surface area contributed by atoms with Gasteiger partial charge in [0.05, 0.1) is 19.3 Å². The van der Waals surface area contributed by atoms with Crippen LogP contribution >= 0.6 is 0 Å². The van der Waals surface area contributed by atoms with Gasteiger partial charge in [0.15, 0.2) is 0 Å². The van der Waals surface area contributed by atoms with Gasteiger partial charge in [0.1, 0.15) is 6.54 Å². The first-order valence-corrected chi connectivity index (χ1v) is 12.5. The minimum absolute atomic E-state index is 0.0366. The summed E-state index contributed by atoms with van der Waals surface area (Å²) in [6, 6.07) is 19.6. The van der Waals surface area contributed by atoms with E-state index in [9.17, 15) is 9.59 Å². The molecule has 192 valence electrons. The molecule has 0 spiro atoms. The van der Waals surface area contributed by atoms with Crippen LogP contribution in [0.5, 0.6) is 0 Å². The van der Waals surface area contributed by atoms with Crippen molar-refractivity contribution in [3.05, 3.63) is 71.8 Å². The van der Waals surface area contributed by atoms with E-state index >= 15 is 0 Å². The molecule has 2 N–H and O–H groups in total. The molecule has 7 nitrogen and oxygen atoms in total. The lowest BCUT2D eigenvalue weighted by atomic mass is 10.1. The van der Waals surface area contributed by atoms with Crippen LogP contribution in [-0.2, 0) is 22.6 Å². The smallest absolute Gasteiger partial charge is 0.318 e. The number of carbonyl (C=O) groups is 2. The number of benzene rings is 2. The minimum atomic E-state index is -0.238. The Morgan fingerprint density at radius 3 is 2.14 bits per heavy atom. The van der Waals surface area contributed by atoms with Crippen LogP contribution in [0.1, 0.15) is 31.4 Å². The maximum atomic E-state index is 13.3. The van der Waals surface area contributed by atoms with E-state index in [0.717, 1.165) is 24.1 Å². The number of nitrogens with one attached hydrogen (secondary N) is 2. The van der Waals surface area contributed by atoms with Crippen LogP contribution in [0.2, 0.25) is 0 Å². The van der Waals surface area contributed by atoms with Gasteiger partial charge in [-0.1, -0.05) is 74.5 Å². The van der Waals surface area contributed by atoms with Gasteiger partial charge in [0, 0.05) is 19.6 Å². The molecule has 0 aliphatic rings. The molecule has 35 heavy (non-hydrogen) atoms. The van der Waals surface area contributed by atoms with Crippen molar-refractivity contribution in [3.63, 3.8) is 0 Å². The molecule has 0 bridgehead atoms. The maximum Gasteiger partial charge on any atom is 0.318 e. The van der Waals surface area contributed by atoms with Gasteiger partial charge in [0.25, 0.3) is 0 Å². The number of rotatable bonds is 15. The Kier molecular flexibility index (Phi) is 12.9. The zero-order chi connectivity index (χ0) is 25.5. The molecule has 3 amide bonds. The summed E-state index contributed by atoms with van der Waals surface area (Å²) in [7, 11) is 3.92. The standard InChI is InChI=1S/C28H42N4O3/c1-23(2)15-17-32(20-27(33)29-16-18-31(3)4)28(34)30-26(19-24-11-7-5-8-12-24)22-35-21-25-13-9-6-10-14-25/h5-14,23,26H,15-22H2,1-4H3,(H,29,33)(H,30,34)/t26-/m1/s1. The Hall–Kier alpha value is -2.90. The van der Waals surface area contributed by atoms with Gasteiger partial charge >= 0.3 is 6.03 Å². The second-order valence-corrected chi connectivity index (χ2v) is 9.59. The molecule has 1 atom stereocenters. The van der Waals surface area contributed by atoms with Crippen LogP contribution in [0.25, 0.3) is 0 Å². The third-order valence-electron chi connectivity index (χ3n) is 5.56. The quantitative estimate of drug-likeness (QED) is 0.407. The third-order valence-corrected chi connectivity index (χ3v) is 5.56. The zero-order valence-corrected chi connectivity index (χ0v) is 21.7. The van der Waals surface area contributed by atoms with Gasteiger partial charge < -0.3 is 25.2 Å². The number of carbonyl (C=O) groups excluding carboxylic acids is 2. The van der Waals surface area contributed by atoms with Crippen molar-refractivity contribution >= 4 is 11.9 Å². The average Bonchev–Trinajstić information content (AvgIpc) is 2.82. The number of ether oxygens (including phenoxy) is 1. The second-order valence-electron chi connectivity index (χ2n) is 9.59. The molecule has 0 aliphatic heterocycles. The number of likely N-dealkylation sites (N-methyl/N-ethyl adjacent to an activating group) is 1. The Morgan fingerprint density at radius 2 is 1.54 bits per heavy atom. The van der Waals surface area contributed by atoms with Crippen LogP contribution in [0.15, 0.2) is 60.7 Å². The molecule has 0 saturated carbocycles. The number of hydrogen-bond acceptors (Lipinski definition) is 4. The molecule has 0 saturated heterocycles. The summed E-state index contributed by atoms with van der Waals surface area (Å²) >= 11 is 0. The lowest BCUT2D eigenvalue weighted by Crippen LogP contribution is -2.51. The van der Waals surface area contributed by atoms with E-state index in [4.69, 9.17) is 4.74 Å². The highest BCUT2D eigenvalue weighted by atomic mass is 16.5. The van der Waals surface area contributed by atoms with Gasteiger partial charge in [-0.3, -0.25) is 4.79 Å². The van der Waals surface area contributed by atoms with E-state index in [2.05, 4.69) is 24.5 Å². The molecule has 0 unspecified atom stereocenters. The first-order chi connectivity index (χ1) is 16.8. The van der Waals surface area contributed by atoms with Crippen molar-refractivity contribution < 1.29 is 14.3 Å². The molecule has 0 aromatic heterocycles. The van der Waals surface area contributed by atoms with Crippen molar-refractivity contribution in [3.8, 4) is 0 Å². The van der Waals surface area contributed by atoms with Crippen LogP contribution < -0.4 is 10.6 Å². The number of nitrogens with zero attached hydrogens (tertiary/aromatic N) is 2. The predicted octanol–water partition coefficient (Wildman–Crippen LogP) is 3.55. The maximum absolute atomic E-state index is 13.3. The number of urea groups is 1. The minimum Gasteiger partial charge on any atom is -0.375 e. The van der Waals surface area contributed by atoms with Crippen molar-refractivity contribution in [1.82, 2.24) is 20.4 Å². The topological polar surface area (TPSA) is 73.9 Å². The van der Waals surface area contributed by atoms with Crippen LogP contribution in [0, 0.1) is 5.92 Å². The molecular weight excluding hydrogens is 440 g/mol. The largest absolute Gasteiger partial charge is 0.375 e. The van der Waals surface area contributed by atoms with Crippen molar-refractivity contribution in [2.45, 2.75) is 39.3 Å². The van der Waals surface area contributed by atoms with Crippen LogP contribution in [0.3, 0.4) is 0 Å². The van der Waals surface area contributed by atoms with Gasteiger partial charge in [-0.05, 0) is 44.0 Å². The Labute approximate surface area is 210 Å². The van der Waals surface area contributed by atoms with Crippen LogP contribution in [-0.4, -0.2) is 74.7 Å². The fourth-order valence-electron chi connectivity index (χ4n) is 3.52. The van der Waals surface area contributed by atoms with E-state index in [1.807, 2.05) is 79.7 Å². The van der Waals surface area contributed by atoms with Gasteiger partial charge in [-0.2, -0.15) is 0 Å². The molecule has 2 rings (SSSR count). The number of hydrogen-bond donors (Lipinski definition) is 2. The molecule has 7 heteroatoms. The van der Waals surface area contributed by atoms with Gasteiger partial charge in [-0.15, -0.1) is 0 Å². The summed E-state index contributed by atoms with van der Waals surface area (Å²) < 4.78 is 5.97. The highest BCUT2D eigenvalue weighted by Gasteiger charge is 2.21. The normalized spacial score (nSPS) is 11.9. The Bertz CT molecular complexity index is 859. The lowest BCUT2D eigenvalue weighted by Gasteiger charge is -2.27. The van der Waals surface area contributed by atoms with Crippen molar-refractivity contribution in [2.24, 2.45) is 5.92 Å². The first kappa shape index (κ1) is 28.3. The highest BCUT2D eigenvalue weighted by molar-refractivity contribution is 5.84. The monoisotopic (exact) mass is 482 g/mol. The summed E-state index contributed by atoms with van der Waals surface area (Å²) in [5.41, 5.74) is 2.21. The SMILES string of the molecule is CC(C)CCN(CC(=O)NCCN(C)C)C(=O)N[C@@H](COCc1ccccc1)Cc1ccccc1. The second kappa shape index (κ2) is 15.9. The van der Waals surface area contributed by atoms with E-state index in [0.29, 0.717) is 38.6 Å². The molecule has 2 aromatic carbocycles. The van der Waals surface area contributed by atoms with Gasteiger partial charge in [0.2, 0.25) is 5.91 Å². The van der Waals surface area contributed by atoms with E-state index < -0.39 is 0 Å². The summed E-state index contributed by atoms with van der Waals surface area (Å²) in [4.78, 5) is 29.4. The van der Waals surface area contributed by atoms with Gasteiger partial charge in [-0.25, -0.2) is 4.79 Å².